The Bertz CT molecular complexity index is 805. The molecule has 0 radical (unpaired) electrons. The van der Waals surface area contributed by atoms with Gasteiger partial charge in [-0.3, -0.25) is 4.79 Å². The van der Waals surface area contributed by atoms with E-state index in [-0.39, 0.29) is 93.5 Å². The zero-order valence-corrected chi connectivity index (χ0v) is 16.3. The van der Waals surface area contributed by atoms with Crippen LogP contribution in [0.4, 0.5) is 0 Å². The van der Waals surface area contributed by atoms with Gasteiger partial charge in [0.15, 0.2) is 0 Å². The lowest BCUT2D eigenvalue weighted by molar-refractivity contribution is -0.147. The van der Waals surface area contributed by atoms with Crippen LogP contribution in [0.5, 0.6) is 0 Å². The van der Waals surface area contributed by atoms with E-state index in [1.165, 1.54) is 0 Å². The first-order valence-corrected chi connectivity index (χ1v) is 9.48. The lowest BCUT2D eigenvalue weighted by atomic mass is 10.2. The van der Waals surface area contributed by atoms with Crippen molar-refractivity contribution < 1.29 is 30.7 Å². The van der Waals surface area contributed by atoms with Crippen molar-refractivity contribution in [2.75, 3.05) is 13.2 Å². The molecule has 154 valence electrons. The summed E-state index contributed by atoms with van der Waals surface area (Å²) in [6, 6.07) is -1.09. The van der Waals surface area contributed by atoms with Gasteiger partial charge in [-0.05, 0) is 44.9 Å². The summed E-state index contributed by atoms with van der Waals surface area (Å²) in [6.45, 7) is 1.19. The Balaban J connectivity index is 4.87. The van der Waals surface area contributed by atoms with Crippen LogP contribution in [0, 0.1) is 0 Å². The van der Waals surface area contributed by atoms with E-state index in [0.29, 0.717) is 6.42 Å². The zero-order chi connectivity index (χ0) is 27.0. The van der Waals surface area contributed by atoms with Crippen LogP contribution < -0.4 is 0 Å². The molecule has 4 nitrogen and oxygen atoms in total. The van der Waals surface area contributed by atoms with Gasteiger partial charge >= 0.3 is 5.97 Å². The number of allylic oxidation sites excluding steroid dienone is 8. The first-order chi connectivity index (χ1) is 16.4. The number of aliphatic hydroxyl groups excluding tert-OH is 2. The van der Waals surface area contributed by atoms with Gasteiger partial charge in [0.05, 0.1) is 17.6 Å². The Morgan fingerprint density at radius 2 is 1.44 bits per heavy atom. The van der Waals surface area contributed by atoms with E-state index in [1.54, 1.807) is 0 Å². The highest BCUT2D eigenvalue weighted by Crippen LogP contribution is 2.02. The van der Waals surface area contributed by atoms with Crippen molar-refractivity contribution in [1.82, 2.24) is 0 Å². The minimum atomic E-state index is -1.15. The minimum absolute atomic E-state index is 0.0267. The standard InChI is InChI=1S/C23H38O4/c1-2-3-4-5-6-7-8-9-10-11-12-13-14-15-16-17-18-19-23(26)27-21-22(25)20-24/h6-7,9-10,12-13,15-16,22,24-25H,2-5,8,11,14,17-21H2,1H3/i6D,7D,9D,10D,12D,13D,15D,16D. The molecule has 1 atom stereocenters. The Hall–Kier alpha value is -1.65. The van der Waals surface area contributed by atoms with Crippen LogP contribution in [0.1, 0.15) is 82.1 Å². The lowest BCUT2D eigenvalue weighted by Crippen LogP contribution is -2.21. The predicted molar refractivity (Wildman–Crippen MR) is 112 cm³/mol. The van der Waals surface area contributed by atoms with Crippen molar-refractivity contribution in [3.8, 4) is 0 Å². The van der Waals surface area contributed by atoms with Crippen molar-refractivity contribution in [2.24, 2.45) is 0 Å². The van der Waals surface area contributed by atoms with Crippen molar-refractivity contribution in [3.63, 3.8) is 0 Å². The maximum absolute atomic E-state index is 11.5. The average molecular weight is 387 g/mol. The number of esters is 1. The summed E-state index contributed by atoms with van der Waals surface area (Å²) in [7, 11) is 0. The maximum Gasteiger partial charge on any atom is 0.305 e. The molecule has 0 aliphatic rings. The Kier molecular flexibility index (Phi) is 11.0. The number of carbonyl (C=O) groups excluding carboxylic acids is 1. The first-order valence-electron chi connectivity index (χ1n) is 13.5. The van der Waals surface area contributed by atoms with Crippen LogP contribution in [-0.4, -0.2) is 35.5 Å². The Labute approximate surface area is 176 Å². The number of rotatable bonds is 17. The zero-order valence-electron chi connectivity index (χ0n) is 24.3. The molecule has 0 rings (SSSR count). The van der Waals surface area contributed by atoms with Crippen LogP contribution in [0.3, 0.4) is 0 Å². The molecule has 0 aromatic rings. The molecule has 0 aliphatic carbocycles. The summed E-state index contributed by atoms with van der Waals surface area (Å²) in [5.41, 5.74) is 0. The average Bonchev–Trinajstić information content (AvgIpc) is 2.81. The van der Waals surface area contributed by atoms with Crippen LogP contribution in [0.2, 0.25) is 0 Å². The fourth-order valence-corrected chi connectivity index (χ4v) is 1.78. The Morgan fingerprint density at radius 1 is 0.926 bits per heavy atom. The normalized spacial score (nSPS) is 20.6. The molecule has 2 N–H and O–H groups in total. The fourth-order valence-electron chi connectivity index (χ4n) is 1.78. The molecule has 0 aliphatic heterocycles. The van der Waals surface area contributed by atoms with E-state index in [9.17, 15) is 4.79 Å². The van der Waals surface area contributed by atoms with E-state index in [1.807, 2.05) is 6.92 Å². The second-order valence-corrected chi connectivity index (χ2v) is 5.77. The van der Waals surface area contributed by atoms with Crippen LogP contribution in [0.15, 0.2) is 48.4 Å². The van der Waals surface area contributed by atoms with Gasteiger partial charge in [-0.1, -0.05) is 68.2 Å². The fraction of sp³-hybridized carbons (Fsp3) is 0.609. The molecule has 0 spiro atoms. The van der Waals surface area contributed by atoms with Gasteiger partial charge in [-0.25, -0.2) is 0 Å². The van der Waals surface area contributed by atoms with Gasteiger partial charge in [-0.2, -0.15) is 0 Å². The topological polar surface area (TPSA) is 66.8 Å². The highest BCUT2D eigenvalue weighted by molar-refractivity contribution is 5.69. The summed E-state index contributed by atoms with van der Waals surface area (Å²) < 4.78 is 68.4. The SMILES string of the molecule is [2H]C(CCCCC)=C([2H])CC([2H])=C([2H])CC([2H])=C([2H])CC([2H])=C([2H])CCCC(=O)OCC(O)CO. The third-order valence-electron chi connectivity index (χ3n) is 3.27. The van der Waals surface area contributed by atoms with Gasteiger partial charge in [0.2, 0.25) is 0 Å². The number of hydrogen-bond donors (Lipinski definition) is 2. The minimum Gasteiger partial charge on any atom is -0.463 e. The van der Waals surface area contributed by atoms with Crippen molar-refractivity contribution in [1.29, 1.82) is 0 Å². The van der Waals surface area contributed by atoms with Crippen LogP contribution in [0.25, 0.3) is 0 Å². The first kappa shape index (κ1) is 14.4. The number of hydrogen-bond acceptors (Lipinski definition) is 4. The number of carbonyl (C=O) groups is 1. The summed E-state index contributed by atoms with van der Waals surface area (Å²) in [6.07, 6.45) is 1.57. The van der Waals surface area contributed by atoms with E-state index in [0.717, 1.165) is 19.3 Å². The molecule has 0 amide bonds. The van der Waals surface area contributed by atoms with Gasteiger partial charge in [0.25, 0.3) is 0 Å². The lowest BCUT2D eigenvalue weighted by Gasteiger charge is -2.07. The number of unbranched alkanes of at least 4 members (excludes halogenated alkanes) is 2. The van der Waals surface area contributed by atoms with Gasteiger partial charge in [0, 0.05) is 6.42 Å². The highest BCUT2D eigenvalue weighted by Gasteiger charge is 2.06. The van der Waals surface area contributed by atoms with Gasteiger partial charge in [0.1, 0.15) is 12.7 Å². The molecule has 0 heterocycles. The van der Waals surface area contributed by atoms with E-state index >= 15 is 0 Å². The smallest absolute Gasteiger partial charge is 0.305 e. The largest absolute Gasteiger partial charge is 0.463 e. The molecule has 0 aromatic heterocycles. The second-order valence-electron chi connectivity index (χ2n) is 5.77. The maximum atomic E-state index is 11.5. The Morgan fingerprint density at radius 3 is 1.96 bits per heavy atom. The van der Waals surface area contributed by atoms with Crippen molar-refractivity contribution >= 4 is 5.97 Å². The molecular formula is C23H38O4. The summed E-state index contributed by atoms with van der Waals surface area (Å²) >= 11 is 0. The van der Waals surface area contributed by atoms with Gasteiger partial charge in [-0.15, -0.1) is 0 Å². The summed E-state index contributed by atoms with van der Waals surface area (Å²) in [5.74, 6) is -0.600. The molecule has 0 saturated heterocycles. The van der Waals surface area contributed by atoms with E-state index < -0.39 is 18.7 Å². The summed E-state index contributed by atoms with van der Waals surface area (Å²) in [5, 5.41) is 17.8. The molecule has 0 bridgehead atoms. The molecule has 27 heavy (non-hydrogen) atoms. The van der Waals surface area contributed by atoms with Crippen LogP contribution >= 0.6 is 0 Å². The molecule has 1 unspecified atom stereocenters. The predicted octanol–water partition coefficient (Wildman–Crippen LogP) is 5.03. The van der Waals surface area contributed by atoms with Crippen molar-refractivity contribution in [2.45, 2.75) is 77.2 Å². The second kappa shape index (κ2) is 20.7. The third-order valence-corrected chi connectivity index (χ3v) is 3.27. The van der Waals surface area contributed by atoms with Crippen LogP contribution in [-0.2, 0) is 9.53 Å². The molecule has 0 saturated carbocycles. The molecule has 0 aromatic carbocycles. The molecule has 0 fully saturated rings. The quantitative estimate of drug-likeness (QED) is 0.209. The third kappa shape index (κ3) is 20.5. The highest BCUT2D eigenvalue weighted by atomic mass is 16.5. The molecule has 4 heteroatoms. The monoisotopic (exact) mass is 386 g/mol. The van der Waals surface area contributed by atoms with E-state index in [2.05, 4.69) is 0 Å². The summed E-state index contributed by atoms with van der Waals surface area (Å²) in [4.78, 5) is 11.5. The van der Waals surface area contributed by atoms with Gasteiger partial charge < -0.3 is 14.9 Å². The molecular weight excluding hydrogens is 340 g/mol. The van der Waals surface area contributed by atoms with Crippen molar-refractivity contribution in [3.05, 3.63) is 48.4 Å². The number of aliphatic hydroxyl groups is 2. The van der Waals surface area contributed by atoms with E-state index in [4.69, 9.17) is 25.9 Å². The number of ether oxygens (including phenoxy) is 1.